The van der Waals surface area contributed by atoms with Gasteiger partial charge in [0.2, 0.25) is 0 Å². The summed E-state index contributed by atoms with van der Waals surface area (Å²) >= 11 is 0. The maximum Gasteiger partial charge on any atom is 0.378 e. The third kappa shape index (κ3) is 2.50. The van der Waals surface area contributed by atoms with Gasteiger partial charge in [0.25, 0.3) is 5.82 Å². The average molecular weight is 281 g/mol. The van der Waals surface area contributed by atoms with E-state index in [-0.39, 0.29) is 5.82 Å². The summed E-state index contributed by atoms with van der Waals surface area (Å²) < 4.78 is 6.52. The number of rotatable bonds is 3. The van der Waals surface area contributed by atoms with Crippen molar-refractivity contribution in [3.63, 3.8) is 0 Å². The third-order valence-corrected chi connectivity index (χ3v) is 3.23. The van der Waals surface area contributed by atoms with Crippen LogP contribution in [-0.4, -0.2) is 27.3 Å². The molecule has 5 heteroatoms. The van der Waals surface area contributed by atoms with E-state index in [2.05, 4.69) is 16.1 Å². The van der Waals surface area contributed by atoms with Crippen LogP contribution in [0.25, 0.3) is 22.2 Å². The molecular formula is C16H15N3O2. The van der Waals surface area contributed by atoms with Gasteiger partial charge in [-0.2, -0.15) is 0 Å². The zero-order valence-electron chi connectivity index (χ0n) is 11.9. The largest absolute Gasteiger partial charge is 0.460 e. The quantitative estimate of drug-likeness (QED) is 0.693. The molecule has 0 bridgehead atoms. The van der Waals surface area contributed by atoms with Gasteiger partial charge in [0.15, 0.2) is 5.82 Å². The number of aryl methyl sites for hydroxylation is 1. The van der Waals surface area contributed by atoms with Gasteiger partial charge < -0.3 is 4.74 Å². The van der Waals surface area contributed by atoms with Gasteiger partial charge in [-0.25, -0.2) is 14.5 Å². The zero-order chi connectivity index (χ0) is 14.8. The lowest BCUT2D eigenvalue weighted by molar-refractivity contribution is 0.0512. The Balaban J connectivity index is 2.04. The van der Waals surface area contributed by atoms with Crippen molar-refractivity contribution < 1.29 is 9.53 Å². The van der Waals surface area contributed by atoms with Crippen molar-refractivity contribution >= 4 is 16.7 Å². The molecule has 106 valence electrons. The molecule has 1 aromatic heterocycles. The molecular weight excluding hydrogens is 266 g/mol. The summed E-state index contributed by atoms with van der Waals surface area (Å²) in [7, 11) is 1.76. The Labute approximate surface area is 122 Å². The van der Waals surface area contributed by atoms with Gasteiger partial charge in [-0.1, -0.05) is 36.4 Å². The summed E-state index contributed by atoms with van der Waals surface area (Å²) in [6.07, 6.45) is 0. The first kappa shape index (κ1) is 13.3. The van der Waals surface area contributed by atoms with E-state index in [0.29, 0.717) is 12.4 Å². The summed E-state index contributed by atoms with van der Waals surface area (Å²) in [6.45, 7) is 2.06. The van der Waals surface area contributed by atoms with Crippen LogP contribution in [0.5, 0.6) is 0 Å². The van der Waals surface area contributed by atoms with Crippen LogP contribution < -0.4 is 0 Å². The number of carbonyl (C=O) groups is 1. The molecule has 0 amide bonds. The first-order chi connectivity index (χ1) is 10.2. The maximum atomic E-state index is 11.7. The molecule has 3 aromatic rings. The minimum Gasteiger partial charge on any atom is -0.460 e. The van der Waals surface area contributed by atoms with Crippen LogP contribution in [-0.2, 0) is 11.8 Å². The fourth-order valence-electron chi connectivity index (χ4n) is 2.25. The average Bonchev–Trinajstić information content (AvgIpc) is 2.89. The second kappa shape index (κ2) is 5.36. The number of carbonyl (C=O) groups excluding carboxylic acids is 1. The topological polar surface area (TPSA) is 57.0 Å². The Hall–Kier alpha value is -2.69. The molecule has 0 saturated carbocycles. The van der Waals surface area contributed by atoms with Gasteiger partial charge in [0.05, 0.1) is 6.61 Å². The van der Waals surface area contributed by atoms with Crippen LogP contribution in [0.4, 0.5) is 0 Å². The van der Waals surface area contributed by atoms with Crippen LogP contribution in [0.15, 0.2) is 42.5 Å². The van der Waals surface area contributed by atoms with Gasteiger partial charge in [0.1, 0.15) is 0 Å². The van der Waals surface area contributed by atoms with Gasteiger partial charge >= 0.3 is 5.97 Å². The molecule has 5 nitrogen and oxygen atoms in total. The molecule has 0 spiro atoms. The lowest BCUT2D eigenvalue weighted by Gasteiger charge is -2.02. The van der Waals surface area contributed by atoms with Crippen molar-refractivity contribution in [1.29, 1.82) is 0 Å². The molecule has 3 rings (SSSR count). The van der Waals surface area contributed by atoms with Crippen molar-refractivity contribution in [2.24, 2.45) is 7.05 Å². The predicted octanol–water partition coefficient (Wildman–Crippen LogP) is 2.81. The summed E-state index contributed by atoms with van der Waals surface area (Å²) in [5.74, 6) is 0.228. The van der Waals surface area contributed by atoms with Crippen LogP contribution >= 0.6 is 0 Å². The first-order valence-electron chi connectivity index (χ1n) is 6.76. The van der Waals surface area contributed by atoms with Crippen LogP contribution in [0.3, 0.4) is 0 Å². The van der Waals surface area contributed by atoms with Crippen molar-refractivity contribution in [3.8, 4) is 11.4 Å². The highest BCUT2D eigenvalue weighted by atomic mass is 16.5. The van der Waals surface area contributed by atoms with E-state index >= 15 is 0 Å². The molecule has 0 radical (unpaired) electrons. The van der Waals surface area contributed by atoms with E-state index in [1.54, 1.807) is 18.7 Å². The van der Waals surface area contributed by atoms with Gasteiger partial charge in [-0.3, -0.25) is 0 Å². The number of esters is 1. The van der Waals surface area contributed by atoms with E-state index in [4.69, 9.17) is 4.74 Å². The monoisotopic (exact) mass is 281 g/mol. The second-order valence-electron chi connectivity index (χ2n) is 4.67. The molecule has 0 fully saturated rings. The molecule has 0 N–H and O–H groups in total. The summed E-state index contributed by atoms with van der Waals surface area (Å²) in [6, 6.07) is 14.1. The Kier molecular flexibility index (Phi) is 3.39. The van der Waals surface area contributed by atoms with Crippen molar-refractivity contribution in [1.82, 2.24) is 14.8 Å². The molecule has 0 aliphatic heterocycles. The maximum absolute atomic E-state index is 11.7. The number of ether oxygens (including phenoxy) is 1. The highest BCUT2D eigenvalue weighted by Gasteiger charge is 2.16. The van der Waals surface area contributed by atoms with E-state index < -0.39 is 5.97 Å². The highest BCUT2D eigenvalue weighted by Crippen LogP contribution is 2.23. The molecule has 21 heavy (non-hydrogen) atoms. The predicted molar refractivity (Wildman–Crippen MR) is 79.9 cm³/mol. The lowest BCUT2D eigenvalue weighted by atomic mass is 10.1. The van der Waals surface area contributed by atoms with E-state index in [0.717, 1.165) is 16.3 Å². The van der Waals surface area contributed by atoms with E-state index in [1.165, 1.54) is 0 Å². The Bertz CT molecular complexity index is 808. The van der Waals surface area contributed by atoms with Gasteiger partial charge in [-0.15, -0.1) is 5.10 Å². The Morgan fingerprint density at radius 1 is 1.19 bits per heavy atom. The minimum absolute atomic E-state index is 0.0857. The molecule has 2 aromatic carbocycles. The molecule has 0 unspecified atom stereocenters. The summed E-state index contributed by atoms with van der Waals surface area (Å²) in [4.78, 5) is 16.0. The summed E-state index contributed by atoms with van der Waals surface area (Å²) in [5.41, 5.74) is 0.916. The third-order valence-electron chi connectivity index (χ3n) is 3.23. The van der Waals surface area contributed by atoms with Gasteiger partial charge in [-0.05, 0) is 23.8 Å². The SMILES string of the molecule is CCOC(=O)c1nc(-c2ccc3ccccc3c2)n(C)n1. The number of aromatic nitrogens is 3. The number of nitrogens with zero attached hydrogens (tertiary/aromatic N) is 3. The molecule has 0 saturated heterocycles. The van der Waals surface area contributed by atoms with Crippen molar-refractivity contribution in [3.05, 3.63) is 48.3 Å². The molecule has 0 aliphatic carbocycles. The highest BCUT2D eigenvalue weighted by molar-refractivity contribution is 5.88. The zero-order valence-corrected chi connectivity index (χ0v) is 11.9. The number of hydrogen-bond acceptors (Lipinski definition) is 4. The van der Waals surface area contributed by atoms with Crippen LogP contribution in [0.2, 0.25) is 0 Å². The standard InChI is InChI=1S/C16H15N3O2/c1-3-21-16(20)14-17-15(19(2)18-14)13-9-8-11-6-4-5-7-12(11)10-13/h4-10H,3H2,1-2H3. The van der Waals surface area contributed by atoms with E-state index in [1.807, 2.05) is 36.4 Å². The number of fused-ring (bicyclic) bond motifs is 1. The lowest BCUT2D eigenvalue weighted by Crippen LogP contribution is -2.07. The molecule has 0 aliphatic rings. The minimum atomic E-state index is -0.500. The molecule has 1 heterocycles. The first-order valence-corrected chi connectivity index (χ1v) is 6.76. The van der Waals surface area contributed by atoms with Crippen LogP contribution in [0, 0.1) is 0 Å². The number of hydrogen-bond donors (Lipinski definition) is 0. The van der Waals surface area contributed by atoms with Crippen molar-refractivity contribution in [2.75, 3.05) is 6.61 Å². The Morgan fingerprint density at radius 2 is 1.95 bits per heavy atom. The Morgan fingerprint density at radius 3 is 2.71 bits per heavy atom. The van der Waals surface area contributed by atoms with E-state index in [9.17, 15) is 4.79 Å². The smallest absolute Gasteiger partial charge is 0.378 e. The number of benzene rings is 2. The second-order valence-corrected chi connectivity index (χ2v) is 4.67. The summed E-state index contributed by atoms with van der Waals surface area (Å²) in [5, 5.41) is 6.40. The normalized spacial score (nSPS) is 10.8. The van der Waals surface area contributed by atoms with Crippen LogP contribution in [0.1, 0.15) is 17.5 Å². The van der Waals surface area contributed by atoms with Gasteiger partial charge in [0, 0.05) is 12.6 Å². The molecule has 0 atom stereocenters. The van der Waals surface area contributed by atoms with Crippen molar-refractivity contribution in [2.45, 2.75) is 6.92 Å². The fourth-order valence-corrected chi connectivity index (χ4v) is 2.25. The fraction of sp³-hybridized carbons (Fsp3) is 0.188.